The van der Waals surface area contributed by atoms with Crippen LogP contribution in [0, 0.1) is 13.8 Å². The summed E-state index contributed by atoms with van der Waals surface area (Å²) in [5.74, 6) is -0.0849. The Morgan fingerprint density at radius 3 is 2.19 bits per heavy atom. The van der Waals surface area contributed by atoms with Gasteiger partial charge in [-0.25, -0.2) is 18.4 Å². The monoisotopic (exact) mass is 393 g/mol. The molecule has 1 heterocycles. The van der Waals surface area contributed by atoms with Gasteiger partial charge in [-0.2, -0.15) is 0 Å². The molecule has 0 radical (unpaired) electrons. The number of aromatic nitrogens is 2. The summed E-state index contributed by atoms with van der Waals surface area (Å²) in [5.41, 5.74) is 3.35. The molecule has 1 N–H and O–H groups in total. The molecule has 2 aromatic rings. The van der Waals surface area contributed by atoms with Gasteiger partial charge < -0.3 is 5.32 Å². The van der Waals surface area contributed by atoms with E-state index in [1.165, 1.54) is 23.9 Å². The zero-order chi connectivity index (χ0) is 19.3. The number of thioether (sulfide) groups is 1. The first-order valence-electron chi connectivity index (χ1n) is 8.27. The van der Waals surface area contributed by atoms with Gasteiger partial charge in [-0.1, -0.05) is 18.7 Å². The third-order valence-electron chi connectivity index (χ3n) is 4.06. The second kappa shape index (κ2) is 8.64. The molecule has 0 spiro atoms. The number of hydrogen-bond acceptors (Lipinski definition) is 6. The molecule has 0 aliphatic carbocycles. The molecule has 0 saturated carbocycles. The summed E-state index contributed by atoms with van der Waals surface area (Å²) in [6, 6.07) is 6.23. The first-order chi connectivity index (χ1) is 12.3. The number of aryl methyl sites for hydroxylation is 2. The van der Waals surface area contributed by atoms with Crippen LogP contribution in [-0.2, 0) is 21.1 Å². The van der Waals surface area contributed by atoms with Crippen LogP contribution in [0.4, 0.5) is 5.69 Å². The minimum Gasteiger partial charge on any atom is -0.326 e. The fourth-order valence-electron chi connectivity index (χ4n) is 2.54. The topological polar surface area (TPSA) is 89.0 Å². The third kappa shape index (κ3) is 5.04. The fraction of sp³-hybridized carbons (Fsp3) is 0.389. The molecule has 0 bridgehead atoms. The maximum absolute atomic E-state index is 12.2. The van der Waals surface area contributed by atoms with E-state index in [-0.39, 0.29) is 16.6 Å². The predicted octanol–water partition coefficient (Wildman–Crippen LogP) is 3.18. The Labute approximate surface area is 158 Å². The van der Waals surface area contributed by atoms with E-state index >= 15 is 0 Å². The number of sulfone groups is 1. The van der Waals surface area contributed by atoms with Crippen LogP contribution in [0.5, 0.6) is 0 Å². The molecule has 26 heavy (non-hydrogen) atoms. The van der Waals surface area contributed by atoms with Crippen molar-refractivity contribution in [2.45, 2.75) is 43.7 Å². The summed E-state index contributed by atoms with van der Waals surface area (Å²) in [6.45, 7) is 5.45. The molecule has 1 aromatic carbocycles. The Bertz CT molecular complexity index is 871. The Kier molecular flexibility index (Phi) is 6.77. The first-order valence-corrected chi connectivity index (χ1v) is 11.1. The van der Waals surface area contributed by atoms with Gasteiger partial charge in [-0.15, -0.1) is 0 Å². The van der Waals surface area contributed by atoms with Gasteiger partial charge in [0.25, 0.3) is 0 Å². The molecule has 0 aliphatic heterocycles. The van der Waals surface area contributed by atoms with Crippen LogP contribution in [0.3, 0.4) is 0 Å². The van der Waals surface area contributed by atoms with Gasteiger partial charge in [-0.3, -0.25) is 4.79 Å². The van der Waals surface area contributed by atoms with Gasteiger partial charge in [0.05, 0.1) is 10.6 Å². The Hall–Kier alpha value is -1.93. The van der Waals surface area contributed by atoms with Crippen molar-refractivity contribution in [3.8, 4) is 0 Å². The summed E-state index contributed by atoms with van der Waals surface area (Å²) in [5, 5.41) is 3.52. The smallest absolute Gasteiger partial charge is 0.224 e. The van der Waals surface area contributed by atoms with Crippen molar-refractivity contribution in [1.82, 2.24) is 9.97 Å². The van der Waals surface area contributed by atoms with Crippen molar-refractivity contribution in [2.75, 3.05) is 17.3 Å². The van der Waals surface area contributed by atoms with E-state index in [1.807, 2.05) is 20.1 Å². The quantitative estimate of drug-likeness (QED) is 0.574. The lowest BCUT2D eigenvalue weighted by Gasteiger charge is -2.10. The Morgan fingerprint density at radius 1 is 1.12 bits per heavy atom. The SMILES string of the molecule is CCS(=O)(=O)c1ccc(NC(=O)CCc2c(C)nc(SC)nc2C)cc1. The second-order valence-corrected chi connectivity index (χ2v) is 8.89. The highest BCUT2D eigenvalue weighted by Crippen LogP contribution is 2.18. The van der Waals surface area contributed by atoms with Crippen LogP contribution in [0.1, 0.15) is 30.3 Å². The molecule has 2 rings (SSSR count). The van der Waals surface area contributed by atoms with Gasteiger partial charge in [0.15, 0.2) is 15.0 Å². The van der Waals surface area contributed by atoms with Gasteiger partial charge in [0, 0.05) is 23.5 Å². The van der Waals surface area contributed by atoms with Crippen LogP contribution >= 0.6 is 11.8 Å². The lowest BCUT2D eigenvalue weighted by Crippen LogP contribution is -2.14. The zero-order valence-corrected chi connectivity index (χ0v) is 17.0. The summed E-state index contributed by atoms with van der Waals surface area (Å²) in [4.78, 5) is 21.3. The van der Waals surface area contributed by atoms with Crippen LogP contribution in [0.2, 0.25) is 0 Å². The molecule has 6 nitrogen and oxygen atoms in total. The van der Waals surface area contributed by atoms with Crippen molar-refractivity contribution >= 4 is 33.2 Å². The number of amides is 1. The molecule has 0 fully saturated rings. The van der Waals surface area contributed by atoms with Gasteiger partial charge >= 0.3 is 0 Å². The molecule has 8 heteroatoms. The van der Waals surface area contributed by atoms with Crippen molar-refractivity contribution < 1.29 is 13.2 Å². The van der Waals surface area contributed by atoms with Crippen molar-refractivity contribution in [3.63, 3.8) is 0 Å². The van der Waals surface area contributed by atoms with Crippen molar-refractivity contribution in [1.29, 1.82) is 0 Å². The third-order valence-corrected chi connectivity index (χ3v) is 6.36. The average Bonchev–Trinajstić information content (AvgIpc) is 2.61. The minimum atomic E-state index is -3.23. The van der Waals surface area contributed by atoms with Crippen molar-refractivity contribution in [3.05, 3.63) is 41.2 Å². The number of carbonyl (C=O) groups is 1. The van der Waals surface area contributed by atoms with Gasteiger partial charge in [-0.05, 0) is 56.4 Å². The van der Waals surface area contributed by atoms with Gasteiger partial charge in [0.2, 0.25) is 5.91 Å². The molecular formula is C18H23N3O3S2. The summed E-state index contributed by atoms with van der Waals surface area (Å²) >= 11 is 1.49. The molecule has 0 aliphatic rings. The standard InChI is InChI=1S/C18H23N3O3S2/c1-5-26(23,24)15-8-6-14(7-9-15)21-17(22)11-10-16-12(2)19-18(25-4)20-13(16)3/h6-9H,5,10-11H2,1-4H3,(H,21,22). The summed E-state index contributed by atoms with van der Waals surface area (Å²) in [6.07, 6.45) is 2.79. The Balaban J connectivity index is 2.00. The van der Waals surface area contributed by atoms with E-state index < -0.39 is 9.84 Å². The number of hydrogen-bond donors (Lipinski definition) is 1. The highest BCUT2D eigenvalue weighted by molar-refractivity contribution is 7.98. The van der Waals surface area contributed by atoms with Crippen molar-refractivity contribution in [2.24, 2.45) is 0 Å². The van der Waals surface area contributed by atoms with Crippen LogP contribution < -0.4 is 5.32 Å². The average molecular weight is 394 g/mol. The highest BCUT2D eigenvalue weighted by atomic mass is 32.2. The number of anilines is 1. The summed E-state index contributed by atoms with van der Waals surface area (Å²) in [7, 11) is -3.23. The molecule has 140 valence electrons. The lowest BCUT2D eigenvalue weighted by molar-refractivity contribution is -0.116. The lowest BCUT2D eigenvalue weighted by atomic mass is 10.1. The van der Waals surface area contributed by atoms with E-state index in [0.717, 1.165) is 22.1 Å². The Morgan fingerprint density at radius 2 is 1.69 bits per heavy atom. The van der Waals surface area contributed by atoms with E-state index in [2.05, 4.69) is 15.3 Å². The maximum Gasteiger partial charge on any atom is 0.224 e. The molecular weight excluding hydrogens is 370 g/mol. The number of rotatable bonds is 7. The molecule has 1 aromatic heterocycles. The highest BCUT2D eigenvalue weighted by Gasteiger charge is 2.13. The normalized spacial score (nSPS) is 11.4. The minimum absolute atomic E-state index is 0.0504. The van der Waals surface area contributed by atoms with E-state index in [1.54, 1.807) is 19.1 Å². The number of nitrogens with one attached hydrogen (secondary N) is 1. The van der Waals surface area contributed by atoms with E-state index in [4.69, 9.17) is 0 Å². The number of carbonyl (C=O) groups excluding carboxylic acids is 1. The molecule has 0 atom stereocenters. The zero-order valence-electron chi connectivity index (χ0n) is 15.4. The summed E-state index contributed by atoms with van der Waals surface area (Å²) < 4.78 is 23.6. The van der Waals surface area contributed by atoms with Crippen LogP contribution in [0.25, 0.3) is 0 Å². The molecule has 0 saturated heterocycles. The largest absolute Gasteiger partial charge is 0.326 e. The van der Waals surface area contributed by atoms with Crippen LogP contribution in [-0.4, -0.2) is 36.3 Å². The number of nitrogens with zero attached hydrogens (tertiary/aromatic N) is 2. The predicted molar refractivity (Wildman–Crippen MR) is 104 cm³/mol. The van der Waals surface area contributed by atoms with E-state index in [0.29, 0.717) is 18.5 Å². The second-order valence-electron chi connectivity index (χ2n) is 5.84. The molecule has 1 amide bonds. The van der Waals surface area contributed by atoms with Gasteiger partial charge in [0.1, 0.15) is 0 Å². The first kappa shape index (κ1) is 20.4. The van der Waals surface area contributed by atoms with E-state index in [9.17, 15) is 13.2 Å². The fourth-order valence-corrected chi connectivity index (χ4v) is 3.88. The van der Waals surface area contributed by atoms with Crippen LogP contribution in [0.15, 0.2) is 34.3 Å². The number of benzene rings is 1. The molecule has 0 unspecified atom stereocenters. The maximum atomic E-state index is 12.2.